The van der Waals surface area contributed by atoms with Crippen molar-refractivity contribution in [3.05, 3.63) is 53.2 Å². The third kappa shape index (κ3) is 4.36. The van der Waals surface area contributed by atoms with Gasteiger partial charge < -0.3 is 15.3 Å². The second kappa shape index (κ2) is 8.86. The predicted octanol–water partition coefficient (Wildman–Crippen LogP) is 1.21. The number of hydrogen-bond acceptors (Lipinski definition) is 6. The lowest BCUT2D eigenvalue weighted by molar-refractivity contribution is -0.136. The number of benzene rings is 1. The van der Waals surface area contributed by atoms with Gasteiger partial charge in [0.25, 0.3) is 5.91 Å². The van der Waals surface area contributed by atoms with Gasteiger partial charge in [0.2, 0.25) is 11.8 Å². The SMILES string of the molecule is O=C(O)NCC1CN(Cc2ccnc(-c3ccc4c(c3)CN(C3CCC(=O)NC3=O)C4=O)c2)C1. The number of nitrogens with one attached hydrogen (secondary N) is 2. The van der Waals surface area contributed by atoms with E-state index in [-0.39, 0.29) is 18.2 Å². The molecule has 34 heavy (non-hydrogen) atoms. The Morgan fingerprint density at radius 2 is 2.00 bits per heavy atom. The Labute approximate surface area is 195 Å². The number of likely N-dealkylation sites (tertiary alicyclic amines) is 1. The average Bonchev–Trinajstić information content (AvgIpc) is 3.11. The van der Waals surface area contributed by atoms with Crippen molar-refractivity contribution in [2.75, 3.05) is 19.6 Å². The molecule has 2 saturated heterocycles. The van der Waals surface area contributed by atoms with Crippen LogP contribution in [0, 0.1) is 5.92 Å². The number of piperidine rings is 1. The molecule has 0 bridgehead atoms. The number of carbonyl (C=O) groups excluding carboxylic acids is 3. The number of carboxylic acid groups (broad SMARTS) is 1. The fraction of sp³-hybridized carbons (Fsp3) is 0.375. The molecule has 1 atom stereocenters. The van der Waals surface area contributed by atoms with Gasteiger partial charge in [-0.1, -0.05) is 6.07 Å². The number of rotatable bonds is 6. The minimum absolute atomic E-state index is 0.192. The zero-order chi connectivity index (χ0) is 23.8. The highest BCUT2D eigenvalue weighted by Crippen LogP contribution is 2.31. The molecule has 3 aliphatic heterocycles. The molecule has 0 saturated carbocycles. The second-order valence-corrected chi connectivity index (χ2v) is 9.07. The van der Waals surface area contributed by atoms with Gasteiger partial charge in [0.15, 0.2) is 0 Å². The number of pyridine rings is 1. The fourth-order valence-corrected chi connectivity index (χ4v) is 4.89. The van der Waals surface area contributed by atoms with Crippen LogP contribution >= 0.6 is 0 Å². The zero-order valence-corrected chi connectivity index (χ0v) is 18.5. The number of amides is 4. The van der Waals surface area contributed by atoms with E-state index in [2.05, 4.69) is 20.5 Å². The van der Waals surface area contributed by atoms with Gasteiger partial charge >= 0.3 is 6.09 Å². The van der Waals surface area contributed by atoms with E-state index in [1.807, 2.05) is 24.3 Å². The van der Waals surface area contributed by atoms with Crippen molar-refractivity contribution in [3.8, 4) is 11.3 Å². The molecule has 0 spiro atoms. The summed E-state index contributed by atoms with van der Waals surface area (Å²) in [6.07, 6.45) is 1.34. The molecule has 3 N–H and O–H groups in total. The van der Waals surface area contributed by atoms with Crippen molar-refractivity contribution in [1.29, 1.82) is 0 Å². The molecule has 10 nitrogen and oxygen atoms in total. The summed E-state index contributed by atoms with van der Waals surface area (Å²) in [7, 11) is 0. The third-order valence-corrected chi connectivity index (χ3v) is 6.62. The molecule has 1 unspecified atom stereocenters. The normalized spacial score (nSPS) is 20.6. The molecular formula is C24H25N5O5. The van der Waals surface area contributed by atoms with E-state index in [0.29, 0.717) is 31.0 Å². The first kappa shape index (κ1) is 22.0. The van der Waals surface area contributed by atoms with E-state index < -0.39 is 18.0 Å². The van der Waals surface area contributed by atoms with Crippen LogP contribution in [0.2, 0.25) is 0 Å². The summed E-state index contributed by atoms with van der Waals surface area (Å²) in [5.41, 5.74) is 4.22. The molecule has 5 rings (SSSR count). The van der Waals surface area contributed by atoms with Crippen LogP contribution in [0.1, 0.15) is 34.3 Å². The lowest BCUT2D eigenvalue weighted by atomic mass is 9.98. The molecule has 3 aliphatic rings. The monoisotopic (exact) mass is 463 g/mol. The predicted molar refractivity (Wildman–Crippen MR) is 121 cm³/mol. The Bertz CT molecular complexity index is 1180. The summed E-state index contributed by atoms with van der Waals surface area (Å²) in [5, 5.41) is 13.5. The Kier molecular flexibility index (Phi) is 5.74. The van der Waals surface area contributed by atoms with Gasteiger partial charge in [-0.25, -0.2) is 4.79 Å². The number of hydrogen-bond donors (Lipinski definition) is 3. The van der Waals surface area contributed by atoms with Crippen LogP contribution in [-0.2, 0) is 22.7 Å². The Hall–Kier alpha value is -3.79. The summed E-state index contributed by atoms with van der Waals surface area (Å²) >= 11 is 0. The first-order chi connectivity index (χ1) is 16.4. The second-order valence-electron chi connectivity index (χ2n) is 9.07. The first-order valence-electron chi connectivity index (χ1n) is 11.3. The number of fused-ring (bicyclic) bond motifs is 1. The third-order valence-electron chi connectivity index (χ3n) is 6.62. The van der Waals surface area contributed by atoms with Gasteiger partial charge in [-0.3, -0.25) is 29.6 Å². The van der Waals surface area contributed by atoms with Crippen molar-refractivity contribution in [2.45, 2.75) is 32.0 Å². The van der Waals surface area contributed by atoms with Gasteiger partial charge in [-0.2, -0.15) is 0 Å². The molecule has 0 radical (unpaired) electrons. The highest BCUT2D eigenvalue weighted by Gasteiger charge is 2.39. The highest BCUT2D eigenvalue weighted by atomic mass is 16.4. The lowest BCUT2D eigenvalue weighted by Gasteiger charge is -2.39. The van der Waals surface area contributed by atoms with E-state index in [9.17, 15) is 19.2 Å². The van der Waals surface area contributed by atoms with E-state index in [1.54, 1.807) is 17.2 Å². The summed E-state index contributed by atoms with van der Waals surface area (Å²) < 4.78 is 0. The van der Waals surface area contributed by atoms with Crippen LogP contribution in [0.4, 0.5) is 4.79 Å². The molecule has 4 heterocycles. The summed E-state index contributed by atoms with van der Waals surface area (Å²) in [4.78, 5) is 55.5. The Morgan fingerprint density at radius 3 is 2.76 bits per heavy atom. The summed E-state index contributed by atoms with van der Waals surface area (Å²) in [6.45, 7) is 3.24. The smallest absolute Gasteiger partial charge is 0.404 e. The van der Waals surface area contributed by atoms with Crippen molar-refractivity contribution in [3.63, 3.8) is 0 Å². The van der Waals surface area contributed by atoms with Crippen LogP contribution in [0.15, 0.2) is 36.5 Å². The van der Waals surface area contributed by atoms with Gasteiger partial charge in [-0.05, 0) is 41.8 Å². The topological polar surface area (TPSA) is 132 Å². The van der Waals surface area contributed by atoms with Crippen molar-refractivity contribution >= 4 is 23.8 Å². The first-order valence-corrected chi connectivity index (χ1v) is 11.3. The van der Waals surface area contributed by atoms with Crippen LogP contribution in [0.3, 0.4) is 0 Å². The largest absolute Gasteiger partial charge is 0.465 e. The number of nitrogens with zero attached hydrogens (tertiary/aromatic N) is 3. The summed E-state index contributed by atoms with van der Waals surface area (Å²) in [6, 6.07) is 8.96. The van der Waals surface area contributed by atoms with Crippen LogP contribution in [-0.4, -0.2) is 69.4 Å². The molecule has 2 aromatic rings. The number of carbonyl (C=O) groups is 4. The maximum absolute atomic E-state index is 12.9. The van der Waals surface area contributed by atoms with Crippen LogP contribution < -0.4 is 10.6 Å². The molecular weight excluding hydrogens is 438 g/mol. The van der Waals surface area contributed by atoms with Crippen LogP contribution in [0.5, 0.6) is 0 Å². The van der Waals surface area contributed by atoms with E-state index in [1.165, 1.54) is 0 Å². The molecule has 0 aliphatic carbocycles. The molecule has 2 fully saturated rings. The van der Waals surface area contributed by atoms with E-state index in [0.717, 1.165) is 42.0 Å². The molecule has 1 aromatic heterocycles. The van der Waals surface area contributed by atoms with Gasteiger partial charge in [0, 0.05) is 62.4 Å². The fourth-order valence-electron chi connectivity index (χ4n) is 4.89. The lowest BCUT2D eigenvalue weighted by Crippen LogP contribution is -2.52. The van der Waals surface area contributed by atoms with E-state index >= 15 is 0 Å². The summed E-state index contributed by atoms with van der Waals surface area (Å²) in [5.74, 6) is -0.579. The maximum atomic E-state index is 12.9. The standard InChI is InChI=1S/C24H25N5O5/c30-21-4-3-20(22(31)27-21)29-13-17-8-16(1-2-18(17)23(29)32)19-7-14(5-6-25-19)10-28-11-15(12-28)9-26-24(33)34/h1-2,5-8,15,20,26H,3-4,9-13H2,(H,33,34)(H,27,30,31). The molecule has 1 aromatic carbocycles. The van der Waals surface area contributed by atoms with Crippen molar-refractivity contribution in [1.82, 2.24) is 25.4 Å². The molecule has 10 heteroatoms. The zero-order valence-electron chi connectivity index (χ0n) is 18.5. The molecule has 4 amide bonds. The number of imide groups is 1. The average molecular weight is 463 g/mol. The Morgan fingerprint density at radius 1 is 1.18 bits per heavy atom. The Balaban J connectivity index is 1.25. The quantitative estimate of drug-likeness (QED) is 0.549. The minimum Gasteiger partial charge on any atom is -0.465 e. The van der Waals surface area contributed by atoms with Crippen molar-refractivity contribution in [2.24, 2.45) is 5.92 Å². The molecule has 176 valence electrons. The van der Waals surface area contributed by atoms with Crippen molar-refractivity contribution < 1.29 is 24.3 Å². The number of aromatic nitrogens is 1. The van der Waals surface area contributed by atoms with Gasteiger partial charge in [0.1, 0.15) is 6.04 Å². The van der Waals surface area contributed by atoms with E-state index in [4.69, 9.17) is 5.11 Å². The van der Waals surface area contributed by atoms with Gasteiger partial charge in [0.05, 0.1) is 5.69 Å². The van der Waals surface area contributed by atoms with Crippen LogP contribution in [0.25, 0.3) is 11.3 Å². The maximum Gasteiger partial charge on any atom is 0.404 e. The van der Waals surface area contributed by atoms with Gasteiger partial charge in [-0.15, -0.1) is 0 Å². The minimum atomic E-state index is -0.992. The highest BCUT2D eigenvalue weighted by molar-refractivity contribution is 6.05.